The number of alkyl halides is 3. The average molecular weight is 451 g/mol. The van der Waals surface area contributed by atoms with Crippen molar-refractivity contribution in [2.45, 2.75) is 18.6 Å². The minimum Gasteiger partial charge on any atom is -0.366 e. The van der Waals surface area contributed by atoms with Crippen LogP contribution in [0, 0.1) is 10.1 Å². The Morgan fingerprint density at radius 2 is 2.06 bits per heavy atom. The Labute approximate surface area is 178 Å². The normalized spacial score (nSPS) is 17.0. The maximum atomic E-state index is 13.0. The van der Waals surface area contributed by atoms with E-state index < -0.39 is 29.6 Å². The number of halogens is 3. The van der Waals surface area contributed by atoms with Crippen molar-refractivity contribution >= 4 is 34.9 Å². The molecule has 11 nitrogen and oxygen atoms in total. The first-order chi connectivity index (χ1) is 15.1. The first-order valence-electron chi connectivity index (χ1n) is 9.44. The zero-order chi connectivity index (χ0) is 23.0. The van der Waals surface area contributed by atoms with E-state index in [-0.39, 0.29) is 29.1 Å². The quantitative estimate of drug-likeness (QED) is 0.538. The molecule has 0 aliphatic carbocycles. The Kier molecular flexibility index (Phi) is 5.28. The predicted molar refractivity (Wildman–Crippen MR) is 106 cm³/mol. The lowest BCUT2D eigenvalue weighted by molar-refractivity contribution is -0.384. The fraction of sp³-hybridized carbons (Fsp3) is 0.333. The second kappa shape index (κ2) is 7.94. The number of nitrogens with one attached hydrogen (secondary N) is 2. The lowest BCUT2D eigenvalue weighted by Gasteiger charge is -2.35. The number of rotatable bonds is 4. The molecule has 2 aromatic rings. The van der Waals surface area contributed by atoms with Crippen LogP contribution in [-0.4, -0.2) is 58.7 Å². The van der Waals surface area contributed by atoms with Gasteiger partial charge in [0.1, 0.15) is 18.1 Å². The van der Waals surface area contributed by atoms with Crippen molar-refractivity contribution < 1.29 is 27.7 Å². The number of hydrogen-bond acceptors (Lipinski definition) is 7. The summed E-state index contributed by atoms with van der Waals surface area (Å²) < 4.78 is 37.3. The second-order valence-corrected chi connectivity index (χ2v) is 7.18. The fourth-order valence-electron chi connectivity index (χ4n) is 3.64. The summed E-state index contributed by atoms with van der Waals surface area (Å²) in [6.07, 6.45) is -2.80. The fourth-order valence-corrected chi connectivity index (χ4v) is 3.64. The Balaban J connectivity index is 1.61. The van der Waals surface area contributed by atoms with Gasteiger partial charge in [-0.1, -0.05) is 0 Å². The van der Waals surface area contributed by atoms with Crippen LogP contribution < -0.4 is 20.4 Å². The number of carbonyl (C=O) groups is 2. The van der Waals surface area contributed by atoms with Crippen molar-refractivity contribution in [3.05, 3.63) is 46.3 Å². The average Bonchev–Trinajstić information content (AvgIpc) is 3.15. The molecule has 4 rings (SSSR count). The number of nitro groups is 1. The Morgan fingerprint density at radius 3 is 2.78 bits per heavy atom. The number of urea groups is 1. The van der Waals surface area contributed by atoms with Gasteiger partial charge in [0, 0.05) is 25.4 Å². The molecule has 1 fully saturated rings. The van der Waals surface area contributed by atoms with Crippen LogP contribution in [0.1, 0.15) is 16.9 Å². The van der Waals surface area contributed by atoms with Crippen molar-refractivity contribution in [3.8, 4) is 0 Å². The smallest absolute Gasteiger partial charge is 0.366 e. The lowest BCUT2D eigenvalue weighted by Crippen LogP contribution is -2.48. The van der Waals surface area contributed by atoms with Crippen molar-refractivity contribution in [1.82, 2.24) is 15.3 Å². The minimum atomic E-state index is -4.58. The van der Waals surface area contributed by atoms with Crippen LogP contribution in [0.25, 0.3) is 0 Å². The zero-order valence-electron chi connectivity index (χ0n) is 16.3. The third kappa shape index (κ3) is 4.24. The molecule has 1 saturated heterocycles. The first kappa shape index (κ1) is 21.3. The van der Waals surface area contributed by atoms with E-state index in [2.05, 4.69) is 15.3 Å². The lowest BCUT2D eigenvalue weighted by atomic mass is 10.1. The van der Waals surface area contributed by atoms with Gasteiger partial charge < -0.3 is 10.2 Å². The predicted octanol–water partition coefficient (Wildman–Crippen LogP) is 2.31. The summed E-state index contributed by atoms with van der Waals surface area (Å²) in [4.78, 5) is 46.8. The molecule has 14 heteroatoms. The maximum Gasteiger partial charge on any atom is 0.405 e. The first-order valence-corrected chi connectivity index (χ1v) is 9.44. The van der Waals surface area contributed by atoms with E-state index in [1.807, 2.05) is 4.90 Å². The van der Waals surface area contributed by atoms with Crippen molar-refractivity contribution in [2.75, 3.05) is 34.8 Å². The highest BCUT2D eigenvalue weighted by molar-refractivity contribution is 6.05. The third-order valence-electron chi connectivity index (χ3n) is 5.04. The summed E-state index contributed by atoms with van der Waals surface area (Å²) in [5, 5.41) is 15.2. The Bertz CT molecular complexity index is 1090. The van der Waals surface area contributed by atoms with Crippen LogP contribution in [-0.2, 0) is 0 Å². The SMILES string of the molecule is O=C(NCC(F)(F)F)c1ccc2c(n1)N(C(=O)Nc1cc([N+](=O)[O-])ccn1)[C@H]1CCN2C1. The summed E-state index contributed by atoms with van der Waals surface area (Å²) in [5.41, 5.74) is 0.0122. The van der Waals surface area contributed by atoms with E-state index in [0.29, 0.717) is 25.2 Å². The van der Waals surface area contributed by atoms with Gasteiger partial charge in [-0.05, 0) is 18.6 Å². The van der Waals surface area contributed by atoms with Crippen molar-refractivity contribution in [2.24, 2.45) is 0 Å². The summed E-state index contributed by atoms with van der Waals surface area (Å²) in [7, 11) is 0. The van der Waals surface area contributed by atoms with Crippen LogP contribution in [0.5, 0.6) is 0 Å². The summed E-state index contributed by atoms with van der Waals surface area (Å²) in [6.45, 7) is -0.385. The van der Waals surface area contributed by atoms with Gasteiger partial charge >= 0.3 is 12.2 Å². The van der Waals surface area contributed by atoms with E-state index in [1.54, 1.807) is 5.32 Å². The van der Waals surface area contributed by atoms with Crippen LogP contribution in [0.15, 0.2) is 30.5 Å². The molecule has 2 aliphatic rings. The monoisotopic (exact) mass is 451 g/mol. The van der Waals surface area contributed by atoms with E-state index in [9.17, 15) is 32.9 Å². The van der Waals surface area contributed by atoms with Gasteiger partial charge in [0.25, 0.3) is 11.6 Å². The summed E-state index contributed by atoms with van der Waals surface area (Å²) in [6, 6.07) is 4.11. The number of hydrogen-bond donors (Lipinski definition) is 2. The molecule has 0 aromatic carbocycles. The summed E-state index contributed by atoms with van der Waals surface area (Å²) >= 11 is 0. The molecule has 2 N–H and O–H groups in total. The maximum absolute atomic E-state index is 13.0. The van der Waals surface area contributed by atoms with Gasteiger partial charge in [0.15, 0.2) is 5.82 Å². The summed E-state index contributed by atoms with van der Waals surface area (Å²) in [5.74, 6) is -0.967. The van der Waals surface area contributed by atoms with E-state index in [0.717, 1.165) is 6.07 Å². The van der Waals surface area contributed by atoms with Crippen molar-refractivity contribution in [1.29, 1.82) is 0 Å². The van der Waals surface area contributed by atoms with E-state index in [4.69, 9.17) is 0 Å². The van der Waals surface area contributed by atoms with E-state index >= 15 is 0 Å². The Morgan fingerprint density at radius 1 is 1.28 bits per heavy atom. The van der Waals surface area contributed by atoms with Gasteiger partial charge in [-0.15, -0.1) is 0 Å². The third-order valence-corrected chi connectivity index (χ3v) is 5.04. The highest BCUT2D eigenvalue weighted by Gasteiger charge is 2.41. The molecular weight excluding hydrogens is 435 g/mol. The van der Waals surface area contributed by atoms with Gasteiger partial charge in [-0.25, -0.2) is 14.8 Å². The molecule has 0 saturated carbocycles. The van der Waals surface area contributed by atoms with Gasteiger partial charge in [0.2, 0.25) is 0 Å². The number of nitrogens with zero attached hydrogens (tertiary/aromatic N) is 5. The number of pyridine rings is 2. The van der Waals surface area contributed by atoms with Crippen LogP contribution in [0.4, 0.5) is 41.0 Å². The molecule has 32 heavy (non-hydrogen) atoms. The molecule has 0 radical (unpaired) electrons. The van der Waals surface area contributed by atoms with Crippen LogP contribution in [0.2, 0.25) is 0 Å². The van der Waals surface area contributed by atoms with Crippen molar-refractivity contribution in [3.63, 3.8) is 0 Å². The highest BCUT2D eigenvalue weighted by Crippen LogP contribution is 2.39. The van der Waals surface area contributed by atoms with Crippen LogP contribution >= 0.6 is 0 Å². The zero-order valence-corrected chi connectivity index (χ0v) is 16.3. The Hall–Kier alpha value is -3.97. The molecule has 3 amide bonds. The molecule has 168 valence electrons. The molecular formula is C18H16F3N7O4. The second-order valence-electron chi connectivity index (χ2n) is 7.18. The molecule has 4 heterocycles. The highest BCUT2D eigenvalue weighted by atomic mass is 19.4. The molecule has 1 atom stereocenters. The number of aromatic nitrogens is 2. The van der Waals surface area contributed by atoms with Crippen LogP contribution in [0.3, 0.4) is 0 Å². The van der Waals surface area contributed by atoms with Gasteiger partial charge in [0.05, 0.1) is 22.7 Å². The largest absolute Gasteiger partial charge is 0.405 e. The van der Waals surface area contributed by atoms with Gasteiger partial charge in [-0.3, -0.25) is 25.1 Å². The number of carbonyl (C=O) groups excluding carboxylic acids is 2. The number of amides is 3. The molecule has 0 spiro atoms. The number of fused-ring (bicyclic) bond motifs is 4. The minimum absolute atomic E-state index is 0.0507. The number of anilines is 3. The molecule has 2 bridgehead atoms. The molecule has 2 aliphatic heterocycles. The molecule has 0 unspecified atom stereocenters. The topological polar surface area (TPSA) is 134 Å². The van der Waals surface area contributed by atoms with E-state index in [1.165, 1.54) is 29.3 Å². The molecule has 2 aromatic heterocycles. The van der Waals surface area contributed by atoms with Gasteiger partial charge in [-0.2, -0.15) is 13.2 Å². The standard InChI is InChI=1S/C18H16F3N7O4/c19-18(20,21)9-23-16(29)12-1-2-13-15(24-12)27(11-4-6-26(13)8-11)17(30)25-14-7-10(28(31)32)3-5-22-14/h1-3,5,7,11H,4,6,8-9H2,(H,23,29)(H,22,25,30)/t11-/m0/s1.